The van der Waals surface area contributed by atoms with Gasteiger partial charge in [0.1, 0.15) is 6.54 Å². The van der Waals surface area contributed by atoms with Crippen molar-refractivity contribution in [3.63, 3.8) is 0 Å². The molecule has 0 aromatic heterocycles. The number of carbonyl (C=O) groups is 1. The molecule has 2 rings (SSSR count). The van der Waals surface area contributed by atoms with E-state index >= 15 is 0 Å². The van der Waals surface area contributed by atoms with E-state index in [2.05, 4.69) is 5.32 Å². The standard InChI is InChI=1S/C19H24N2O3S/c1-15-9-10-16(2)18(13-15)21(25(3,23)24)14-19(22)20-12-11-17-7-5-4-6-8-17/h4-10,13H,11-12,14H2,1-3H3,(H,20,22). The molecule has 1 amide bonds. The fraction of sp³-hybridized carbons (Fsp3) is 0.316. The van der Waals surface area contributed by atoms with Crippen molar-refractivity contribution >= 4 is 21.6 Å². The lowest BCUT2D eigenvalue weighted by atomic mass is 10.1. The maximum atomic E-state index is 12.2. The summed E-state index contributed by atoms with van der Waals surface area (Å²) < 4.78 is 25.5. The molecule has 0 aliphatic rings. The zero-order valence-corrected chi connectivity index (χ0v) is 15.6. The minimum atomic E-state index is -3.56. The van der Waals surface area contributed by atoms with E-state index in [4.69, 9.17) is 0 Å². The summed E-state index contributed by atoms with van der Waals surface area (Å²) in [6.07, 6.45) is 1.82. The number of anilines is 1. The van der Waals surface area contributed by atoms with E-state index in [-0.39, 0.29) is 12.5 Å². The second-order valence-corrected chi connectivity index (χ2v) is 8.05. The molecule has 0 fully saturated rings. The fourth-order valence-corrected chi connectivity index (χ4v) is 3.45. The van der Waals surface area contributed by atoms with Gasteiger partial charge in [0, 0.05) is 6.54 Å². The summed E-state index contributed by atoms with van der Waals surface area (Å²) in [7, 11) is -3.56. The van der Waals surface area contributed by atoms with Crippen molar-refractivity contribution in [2.45, 2.75) is 20.3 Å². The third-order valence-corrected chi connectivity index (χ3v) is 5.03. The highest BCUT2D eigenvalue weighted by Gasteiger charge is 2.22. The molecule has 1 N–H and O–H groups in total. The summed E-state index contributed by atoms with van der Waals surface area (Å²) in [4.78, 5) is 12.2. The first-order valence-electron chi connectivity index (χ1n) is 8.13. The van der Waals surface area contributed by atoms with Crippen LogP contribution < -0.4 is 9.62 Å². The molecule has 25 heavy (non-hydrogen) atoms. The summed E-state index contributed by atoms with van der Waals surface area (Å²) in [5, 5.41) is 2.79. The van der Waals surface area contributed by atoms with Gasteiger partial charge in [0.05, 0.1) is 11.9 Å². The van der Waals surface area contributed by atoms with Crippen molar-refractivity contribution in [2.24, 2.45) is 0 Å². The topological polar surface area (TPSA) is 66.5 Å². The minimum Gasteiger partial charge on any atom is -0.354 e. The van der Waals surface area contributed by atoms with Gasteiger partial charge in [0.25, 0.3) is 0 Å². The van der Waals surface area contributed by atoms with Crippen LogP contribution in [0.2, 0.25) is 0 Å². The summed E-state index contributed by atoms with van der Waals surface area (Å²) in [5.41, 5.74) is 3.42. The molecule has 134 valence electrons. The first kappa shape index (κ1) is 19.0. The number of sulfonamides is 1. The van der Waals surface area contributed by atoms with Gasteiger partial charge in [-0.25, -0.2) is 8.42 Å². The number of nitrogens with one attached hydrogen (secondary N) is 1. The number of aryl methyl sites for hydroxylation is 2. The molecule has 2 aromatic carbocycles. The molecule has 5 nitrogen and oxygen atoms in total. The number of nitrogens with zero attached hydrogens (tertiary/aromatic N) is 1. The Kier molecular flexibility index (Phi) is 6.20. The molecular formula is C19H24N2O3S. The van der Waals surface area contributed by atoms with Crippen molar-refractivity contribution in [3.05, 3.63) is 65.2 Å². The van der Waals surface area contributed by atoms with E-state index in [9.17, 15) is 13.2 Å². The van der Waals surface area contributed by atoms with Crippen LogP contribution in [0.15, 0.2) is 48.5 Å². The molecule has 0 radical (unpaired) electrons. The van der Waals surface area contributed by atoms with Crippen LogP contribution in [-0.4, -0.2) is 33.7 Å². The molecular weight excluding hydrogens is 336 g/mol. The Morgan fingerprint density at radius 2 is 1.76 bits per heavy atom. The molecule has 0 saturated heterocycles. The van der Waals surface area contributed by atoms with Crippen LogP contribution in [-0.2, 0) is 21.2 Å². The molecule has 0 saturated carbocycles. The zero-order chi connectivity index (χ0) is 18.4. The van der Waals surface area contributed by atoms with Gasteiger partial charge in [-0.3, -0.25) is 9.10 Å². The summed E-state index contributed by atoms with van der Waals surface area (Å²) in [5.74, 6) is -0.317. The van der Waals surface area contributed by atoms with Crippen molar-refractivity contribution in [1.29, 1.82) is 0 Å². The average Bonchev–Trinajstić information content (AvgIpc) is 2.55. The molecule has 6 heteroatoms. The first-order chi connectivity index (χ1) is 11.8. The molecule has 0 aliphatic carbocycles. The number of hydrogen-bond acceptors (Lipinski definition) is 3. The van der Waals surface area contributed by atoms with Crippen LogP contribution in [0.3, 0.4) is 0 Å². The highest BCUT2D eigenvalue weighted by atomic mass is 32.2. The van der Waals surface area contributed by atoms with E-state index in [1.54, 1.807) is 6.07 Å². The Labute approximate surface area is 149 Å². The molecule has 0 unspecified atom stereocenters. The summed E-state index contributed by atoms with van der Waals surface area (Å²) >= 11 is 0. The second-order valence-electron chi connectivity index (χ2n) is 6.15. The second kappa shape index (κ2) is 8.16. The smallest absolute Gasteiger partial charge is 0.240 e. The number of amides is 1. The zero-order valence-electron chi connectivity index (χ0n) is 14.8. The van der Waals surface area contributed by atoms with Crippen LogP contribution in [0.5, 0.6) is 0 Å². The Morgan fingerprint density at radius 1 is 1.08 bits per heavy atom. The van der Waals surface area contributed by atoms with E-state index in [1.165, 1.54) is 0 Å². The highest BCUT2D eigenvalue weighted by molar-refractivity contribution is 7.92. The predicted molar refractivity (Wildman–Crippen MR) is 101 cm³/mol. The summed E-state index contributed by atoms with van der Waals surface area (Å²) in [6.45, 7) is 3.97. The van der Waals surface area contributed by atoms with E-state index in [1.807, 2.05) is 56.3 Å². The van der Waals surface area contributed by atoms with Gasteiger partial charge in [0.15, 0.2) is 0 Å². The molecule has 0 bridgehead atoms. The van der Waals surface area contributed by atoms with Gasteiger partial charge < -0.3 is 5.32 Å². The van der Waals surface area contributed by atoms with Gasteiger partial charge in [-0.2, -0.15) is 0 Å². The molecule has 0 aliphatic heterocycles. The van der Waals surface area contributed by atoms with E-state index < -0.39 is 10.0 Å². The lowest BCUT2D eigenvalue weighted by molar-refractivity contribution is -0.119. The number of rotatable bonds is 7. The van der Waals surface area contributed by atoms with Crippen molar-refractivity contribution in [2.75, 3.05) is 23.7 Å². The van der Waals surface area contributed by atoms with Crippen LogP contribution in [0.4, 0.5) is 5.69 Å². The number of hydrogen-bond donors (Lipinski definition) is 1. The Morgan fingerprint density at radius 3 is 2.40 bits per heavy atom. The Balaban J connectivity index is 2.05. The monoisotopic (exact) mass is 360 g/mol. The maximum Gasteiger partial charge on any atom is 0.240 e. The first-order valence-corrected chi connectivity index (χ1v) is 9.98. The fourth-order valence-electron chi connectivity index (χ4n) is 2.55. The Bertz CT molecular complexity index is 833. The SMILES string of the molecule is Cc1ccc(C)c(N(CC(=O)NCCc2ccccc2)S(C)(=O)=O)c1. The highest BCUT2D eigenvalue weighted by Crippen LogP contribution is 2.23. The van der Waals surface area contributed by atoms with Gasteiger partial charge in [-0.15, -0.1) is 0 Å². The third kappa shape index (κ3) is 5.60. The van der Waals surface area contributed by atoms with Gasteiger partial charge >= 0.3 is 0 Å². The molecule has 2 aromatic rings. The third-order valence-electron chi connectivity index (χ3n) is 3.90. The van der Waals surface area contributed by atoms with Crippen molar-refractivity contribution in [1.82, 2.24) is 5.32 Å². The van der Waals surface area contributed by atoms with Crippen LogP contribution in [0.1, 0.15) is 16.7 Å². The van der Waals surface area contributed by atoms with Crippen LogP contribution >= 0.6 is 0 Å². The van der Waals surface area contributed by atoms with Gasteiger partial charge in [-0.1, -0.05) is 42.5 Å². The van der Waals surface area contributed by atoms with Crippen molar-refractivity contribution < 1.29 is 13.2 Å². The summed E-state index contributed by atoms with van der Waals surface area (Å²) in [6, 6.07) is 15.4. The van der Waals surface area contributed by atoms with Gasteiger partial charge in [-0.05, 0) is 43.0 Å². The van der Waals surface area contributed by atoms with E-state index in [0.29, 0.717) is 18.7 Å². The maximum absolute atomic E-state index is 12.2. The number of carbonyl (C=O) groups excluding carboxylic acids is 1. The lowest BCUT2D eigenvalue weighted by Crippen LogP contribution is -2.41. The molecule has 0 spiro atoms. The average molecular weight is 360 g/mol. The molecule has 0 atom stereocenters. The van der Waals surface area contributed by atoms with Crippen LogP contribution in [0, 0.1) is 13.8 Å². The predicted octanol–water partition coefficient (Wildman–Crippen LogP) is 2.43. The quantitative estimate of drug-likeness (QED) is 0.825. The van der Waals surface area contributed by atoms with Crippen molar-refractivity contribution in [3.8, 4) is 0 Å². The normalized spacial score (nSPS) is 11.2. The minimum absolute atomic E-state index is 0.224. The number of benzene rings is 2. The molecule has 0 heterocycles. The lowest BCUT2D eigenvalue weighted by Gasteiger charge is -2.24. The van der Waals surface area contributed by atoms with E-state index in [0.717, 1.165) is 27.3 Å². The largest absolute Gasteiger partial charge is 0.354 e. The Hall–Kier alpha value is -2.34. The van der Waals surface area contributed by atoms with Crippen LogP contribution in [0.25, 0.3) is 0 Å². The van der Waals surface area contributed by atoms with Gasteiger partial charge in [0.2, 0.25) is 15.9 Å².